The number of nitrogens with zero attached hydrogens (tertiary/aromatic N) is 1. The third-order valence-electron chi connectivity index (χ3n) is 5.54. The first-order valence-corrected chi connectivity index (χ1v) is 10.4. The van der Waals surface area contributed by atoms with Crippen molar-refractivity contribution in [1.82, 2.24) is 5.32 Å². The SMILES string of the molecule is Cc1ccc(CNC(=O)c2ccc3c(c2)CCCN3C(=O)c2cccc(C)c2)cc1. The van der Waals surface area contributed by atoms with E-state index in [1.165, 1.54) is 5.56 Å². The zero-order valence-electron chi connectivity index (χ0n) is 17.4. The minimum atomic E-state index is -0.0968. The zero-order valence-corrected chi connectivity index (χ0v) is 17.4. The van der Waals surface area contributed by atoms with Crippen LogP contribution in [0.4, 0.5) is 5.69 Å². The van der Waals surface area contributed by atoms with Gasteiger partial charge in [-0.2, -0.15) is 0 Å². The van der Waals surface area contributed by atoms with E-state index < -0.39 is 0 Å². The van der Waals surface area contributed by atoms with Crippen molar-refractivity contribution >= 4 is 17.5 Å². The third kappa shape index (κ3) is 4.28. The largest absolute Gasteiger partial charge is 0.348 e. The molecule has 152 valence electrons. The fourth-order valence-corrected chi connectivity index (χ4v) is 3.87. The predicted molar refractivity (Wildman–Crippen MR) is 120 cm³/mol. The number of benzene rings is 3. The standard InChI is InChI=1S/C26H26N2O2/c1-18-8-10-20(11-9-18)17-27-25(29)22-12-13-24-21(16-22)7-4-14-28(24)26(30)23-6-3-5-19(2)15-23/h3,5-6,8-13,15-16H,4,7,14,17H2,1-2H3,(H,27,29). The Balaban J connectivity index is 1.50. The second kappa shape index (κ2) is 8.54. The number of anilines is 1. The Morgan fingerprint density at radius 1 is 0.900 bits per heavy atom. The molecule has 0 saturated carbocycles. The summed E-state index contributed by atoms with van der Waals surface area (Å²) in [6.07, 6.45) is 1.75. The topological polar surface area (TPSA) is 49.4 Å². The van der Waals surface area contributed by atoms with Crippen molar-refractivity contribution in [2.75, 3.05) is 11.4 Å². The molecule has 0 aromatic heterocycles. The van der Waals surface area contributed by atoms with Gasteiger partial charge in [0.15, 0.2) is 0 Å². The van der Waals surface area contributed by atoms with Crippen LogP contribution in [0, 0.1) is 13.8 Å². The number of hydrogen-bond donors (Lipinski definition) is 1. The molecule has 3 aromatic carbocycles. The first-order chi connectivity index (χ1) is 14.5. The molecule has 4 nitrogen and oxygen atoms in total. The van der Waals surface area contributed by atoms with Gasteiger partial charge in [0.2, 0.25) is 0 Å². The normalized spacial score (nSPS) is 12.9. The molecule has 1 N–H and O–H groups in total. The Labute approximate surface area is 177 Å². The Bertz CT molecular complexity index is 1090. The van der Waals surface area contributed by atoms with Gasteiger partial charge in [-0.05, 0) is 68.1 Å². The minimum absolute atomic E-state index is 0.0104. The van der Waals surface area contributed by atoms with Crippen LogP contribution >= 0.6 is 0 Å². The summed E-state index contributed by atoms with van der Waals surface area (Å²) in [5.74, 6) is -0.0864. The number of carbonyl (C=O) groups is 2. The fourth-order valence-electron chi connectivity index (χ4n) is 3.87. The van der Waals surface area contributed by atoms with Gasteiger partial charge in [0.1, 0.15) is 0 Å². The van der Waals surface area contributed by atoms with Crippen LogP contribution in [0.3, 0.4) is 0 Å². The van der Waals surface area contributed by atoms with Crippen molar-refractivity contribution in [3.63, 3.8) is 0 Å². The summed E-state index contributed by atoms with van der Waals surface area (Å²) in [6.45, 7) is 5.22. The average molecular weight is 399 g/mol. The van der Waals surface area contributed by atoms with Crippen LogP contribution in [0.15, 0.2) is 66.7 Å². The third-order valence-corrected chi connectivity index (χ3v) is 5.54. The number of amides is 2. The Kier molecular flexibility index (Phi) is 5.66. The summed E-state index contributed by atoms with van der Waals surface area (Å²) in [6, 6.07) is 21.5. The van der Waals surface area contributed by atoms with E-state index in [1.807, 2.05) is 85.5 Å². The van der Waals surface area contributed by atoms with Gasteiger partial charge in [-0.1, -0.05) is 47.5 Å². The Morgan fingerprint density at radius 2 is 1.70 bits per heavy atom. The van der Waals surface area contributed by atoms with Crippen LogP contribution in [0.2, 0.25) is 0 Å². The lowest BCUT2D eigenvalue weighted by molar-refractivity contribution is 0.0950. The highest BCUT2D eigenvalue weighted by Crippen LogP contribution is 2.29. The highest BCUT2D eigenvalue weighted by atomic mass is 16.2. The number of aryl methyl sites for hydroxylation is 3. The molecule has 30 heavy (non-hydrogen) atoms. The van der Waals surface area contributed by atoms with Crippen LogP contribution in [0.1, 0.15) is 49.4 Å². The Morgan fingerprint density at radius 3 is 2.47 bits per heavy atom. The van der Waals surface area contributed by atoms with Crippen molar-refractivity contribution in [1.29, 1.82) is 0 Å². The summed E-state index contributed by atoms with van der Waals surface area (Å²) < 4.78 is 0. The molecule has 0 aliphatic carbocycles. The van der Waals surface area contributed by atoms with E-state index in [0.717, 1.165) is 35.2 Å². The molecule has 0 bridgehead atoms. The van der Waals surface area contributed by atoms with Crippen LogP contribution in [0.25, 0.3) is 0 Å². The second-order valence-corrected chi connectivity index (χ2v) is 7.94. The van der Waals surface area contributed by atoms with Crippen LogP contribution < -0.4 is 10.2 Å². The molecule has 4 rings (SSSR count). The lowest BCUT2D eigenvalue weighted by atomic mass is 9.98. The van der Waals surface area contributed by atoms with Gasteiger partial charge in [0.05, 0.1) is 0 Å². The van der Waals surface area contributed by atoms with E-state index in [1.54, 1.807) is 0 Å². The molecular formula is C26H26N2O2. The van der Waals surface area contributed by atoms with Crippen molar-refractivity contribution in [2.24, 2.45) is 0 Å². The summed E-state index contributed by atoms with van der Waals surface area (Å²) in [5, 5.41) is 2.99. The van der Waals surface area contributed by atoms with Crippen molar-refractivity contribution < 1.29 is 9.59 Å². The number of hydrogen-bond acceptors (Lipinski definition) is 2. The molecule has 1 aliphatic rings. The molecule has 0 unspecified atom stereocenters. The maximum absolute atomic E-state index is 13.1. The van der Waals surface area contributed by atoms with E-state index >= 15 is 0 Å². The van der Waals surface area contributed by atoms with Crippen molar-refractivity contribution in [3.8, 4) is 0 Å². The van der Waals surface area contributed by atoms with Crippen LogP contribution in [-0.4, -0.2) is 18.4 Å². The minimum Gasteiger partial charge on any atom is -0.348 e. The van der Waals surface area contributed by atoms with E-state index in [2.05, 4.69) is 5.32 Å². The van der Waals surface area contributed by atoms with Gasteiger partial charge in [-0.3, -0.25) is 9.59 Å². The van der Waals surface area contributed by atoms with Crippen molar-refractivity contribution in [2.45, 2.75) is 33.2 Å². The quantitative estimate of drug-likeness (QED) is 0.685. The molecule has 0 spiro atoms. The molecule has 1 aliphatic heterocycles. The average Bonchev–Trinajstić information content (AvgIpc) is 2.77. The first-order valence-electron chi connectivity index (χ1n) is 10.4. The van der Waals surface area contributed by atoms with Gasteiger partial charge in [-0.25, -0.2) is 0 Å². The maximum Gasteiger partial charge on any atom is 0.258 e. The first kappa shape index (κ1) is 19.9. The van der Waals surface area contributed by atoms with Crippen molar-refractivity contribution in [3.05, 3.63) is 100 Å². The number of rotatable bonds is 4. The molecule has 0 radical (unpaired) electrons. The smallest absolute Gasteiger partial charge is 0.258 e. The molecule has 0 atom stereocenters. The van der Waals surface area contributed by atoms with Crippen LogP contribution in [-0.2, 0) is 13.0 Å². The summed E-state index contributed by atoms with van der Waals surface area (Å²) in [4.78, 5) is 27.6. The highest BCUT2D eigenvalue weighted by molar-refractivity contribution is 6.07. The fraction of sp³-hybridized carbons (Fsp3) is 0.231. The van der Waals surface area contributed by atoms with E-state index in [0.29, 0.717) is 24.2 Å². The van der Waals surface area contributed by atoms with Gasteiger partial charge in [-0.15, -0.1) is 0 Å². The number of fused-ring (bicyclic) bond motifs is 1. The molecule has 2 amide bonds. The van der Waals surface area contributed by atoms with Gasteiger partial charge in [0, 0.05) is 29.9 Å². The lowest BCUT2D eigenvalue weighted by Gasteiger charge is -2.30. The summed E-state index contributed by atoms with van der Waals surface area (Å²) in [7, 11) is 0. The lowest BCUT2D eigenvalue weighted by Crippen LogP contribution is -2.35. The summed E-state index contributed by atoms with van der Waals surface area (Å²) in [5.41, 5.74) is 6.62. The molecule has 0 fully saturated rings. The molecule has 3 aromatic rings. The zero-order chi connectivity index (χ0) is 21.1. The van der Waals surface area contributed by atoms with Gasteiger partial charge < -0.3 is 10.2 Å². The van der Waals surface area contributed by atoms with E-state index in [4.69, 9.17) is 0 Å². The van der Waals surface area contributed by atoms with E-state index in [9.17, 15) is 9.59 Å². The van der Waals surface area contributed by atoms with Gasteiger partial charge >= 0.3 is 0 Å². The molecule has 0 saturated heterocycles. The van der Waals surface area contributed by atoms with Gasteiger partial charge in [0.25, 0.3) is 11.8 Å². The predicted octanol–water partition coefficient (Wildman–Crippen LogP) is 4.83. The molecule has 4 heteroatoms. The molecular weight excluding hydrogens is 372 g/mol. The number of carbonyl (C=O) groups excluding carboxylic acids is 2. The monoisotopic (exact) mass is 398 g/mol. The maximum atomic E-state index is 13.1. The summed E-state index contributed by atoms with van der Waals surface area (Å²) >= 11 is 0. The Hall–Kier alpha value is -3.40. The highest BCUT2D eigenvalue weighted by Gasteiger charge is 2.24. The van der Waals surface area contributed by atoms with Crippen LogP contribution in [0.5, 0.6) is 0 Å². The number of nitrogens with one attached hydrogen (secondary N) is 1. The van der Waals surface area contributed by atoms with E-state index in [-0.39, 0.29) is 11.8 Å². The second-order valence-electron chi connectivity index (χ2n) is 7.94. The molecule has 1 heterocycles.